The molecule has 0 bridgehead atoms. The van der Waals surface area contributed by atoms with Gasteiger partial charge in [0.25, 0.3) is 11.6 Å². The minimum Gasteiger partial charge on any atom is -0.378 e. The van der Waals surface area contributed by atoms with Gasteiger partial charge in [-0.15, -0.1) is 0 Å². The molecule has 1 aliphatic rings. The zero-order chi connectivity index (χ0) is 22.4. The van der Waals surface area contributed by atoms with Crippen molar-refractivity contribution in [3.05, 3.63) is 64.0 Å². The number of halogens is 1. The summed E-state index contributed by atoms with van der Waals surface area (Å²) in [6, 6.07) is 10.9. The van der Waals surface area contributed by atoms with E-state index in [1.807, 2.05) is 13.8 Å². The Hall–Kier alpha value is -3.20. The molecule has 0 aliphatic carbocycles. The molecule has 166 valence electrons. The molecular formula is C22H28FN5O3. The maximum atomic E-state index is 13.1. The Morgan fingerprint density at radius 3 is 2.42 bits per heavy atom. The highest BCUT2D eigenvalue weighted by Crippen LogP contribution is 2.25. The van der Waals surface area contributed by atoms with Gasteiger partial charge in [-0.05, 0) is 50.2 Å². The molecule has 1 aliphatic heterocycles. The molecule has 8 nitrogen and oxygen atoms in total. The summed E-state index contributed by atoms with van der Waals surface area (Å²) >= 11 is 0. The second-order valence-corrected chi connectivity index (χ2v) is 7.85. The molecule has 2 N–H and O–H groups in total. The van der Waals surface area contributed by atoms with Gasteiger partial charge in [0.05, 0.1) is 4.92 Å². The normalized spacial score (nSPS) is 14.5. The van der Waals surface area contributed by atoms with Crippen LogP contribution in [0.25, 0.3) is 0 Å². The van der Waals surface area contributed by atoms with Crippen LogP contribution in [0.1, 0.15) is 24.2 Å². The number of nitrogens with zero attached hydrogens (tertiary/aromatic N) is 3. The van der Waals surface area contributed by atoms with Crippen molar-refractivity contribution in [3.63, 3.8) is 0 Å². The maximum absolute atomic E-state index is 13.1. The quantitative estimate of drug-likeness (QED) is 0.495. The monoisotopic (exact) mass is 429 g/mol. The van der Waals surface area contributed by atoms with Gasteiger partial charge >= 0.3 is 0 Å². The van der Waals surface area contributed by atoms with E-state index in [2.05, 4.69) is 20.4 Å². The minimum absolute atomic E-state index is 0.0483. The van der Waals surface area contributed by atoms with E-state index >= 15 is 0 Å². The third kappa shape index (κ3) is 6.14. The van der Waals surface area contributed by atoms with E-state index < -0.39 is 4.92 Å². The third-order valence-electron chi connectivity index (χ3n) is 5.18. The second-order valence-electron chi connectivity index (χ2n) is 7.85. The zero-order valence-electron chi connectivity index (χ0n) is 17.8. The summed E-state index contributed by atoms with van der Waals surface area (Å²) < 4.78 is 13.1. The summed E-state index contributed by atoms with van der Waals surface area (Å²) in [7, 11) is 0. The van der Waals surface area contributed by atoms with E-state index in [9.17, 15) is 19.3 Å². The minimum atomic E-state index is -0.476. The Morgan fingerprint density at radius 2 is 1.81 bits per heavy atom. The number of nitrogens with one attached hydrogen (secondary N) is 2. The molecule has 31 heavy (non-hydrogen) atoms. The van der Waals surface area contributed by atoms with E-state index in [0.29, 0.717) is 12.2 Å². The van der Waals surface area contributed by atoms with Gasteiger partial charge in [-0.25, -0.2) is 4.39 Å². The number of piperazine rings is 1. The van der Waals surface area contributed by atoms with E-state index in [-0.39, 0.29) is 29.0 Å². The summed E-state index contributed by atoms with van der Waals surface area (Å²) in [5.74, 6) is -0.570. The first kappa shape index (κ1) is 22.5. The first-order valence-corrected chi connectivity index (χ1v) is 10.4. The molecule has 1 saturated heterocycles. The van der Waals surface area contributed by atoms with Crippen molar-refractivity contribution < 1.29 is 14.1 Å². The van der Waals surface area contributed by atoms with Crippen LogP contribution in [-0.2, 0) is 0 Å². The Balaban J connectivity index is 1.51. The number of rotatable bonds is 8. The lowest BCUT2D eigenvalue weighted by molar-refractivity contribution is -0.384. The summed E-state index contributed by atoms with van der Waals surface area (Å²) in [6.45, 7) is 8.35. The van der Waals surface area contributed by atoms with Crippen LogP contribution in [0.5, 0.6) is 0 Å². The first-order chi connectivity index (χ1) is 14.8. The molecule has 0 saturated carbocycles. The molecule has 1 amide bonds. The average molecular weight is 429 g/mol. The van der Waals surface area contributed by atoms with Gasteiger partial charge in [0, 0.05) is 62.6 Å². The SMILES string of the molecule is CC(C)NC(=O)c1ccc(NCCN2CCN(c3ccc(F)cc3)CC2)c([N+](=O)[O-])c1. The van der Waals surface area contributed by atoms with Crippen molar-refractivity contribution in [1.82, 2.24) is 10.2 Å². The summed E-state index contributed by atoms with van der Waals surface area (Å²) in [5, 5.41) is 17.3. The standard InChI is InChI=1S/C22H28FN5O3/c1-16(2)25-22(29)17-3-8-20(21(15-17)28(30)31)24-9-10-26-11-13-27(14-12-26)19-6-4-18(23)5-7-19/h3-8,15-16,24H,9-14H2,1-2H3,(H,25,29). The van der Waals surface area contributed by atoms with Crippen LogP contribution in [0.2, 0.25) is 0 Å². The zero-order valence-corrected chi connectivity index (χ0v) is 17.8. The van der Waals surface area contributed by atoms with Gasteiger partial charge in [-0.2, -0.15) is 0 Å². The van der Waals surface area contributed by atoms with Crippen LogP contribution in [0.15, 0.2) is 42.5 Å². The Labute approximate surface area is 181 Å². The molecular weight excluding hydrogens is 401 g/mol. The highest BCUT2D eigenvalue weighted by molar-refractivity contribution is 5.95. The van der Waals surface area contributed by atoms with Crippen molar-refractivity contribution in [2.75, 3.05) is 49.5 Å². The largest absolute Gasteiger partial charge is 0.378 e. The Morgan fingerprint density at radius 1 is 1.13 bits per heavy atom. The molecule has 2 aromatic rings. The number of anilines is 2. The molecule has 0 aromatic heterocycles. The molecule has 2 aromatic carbocycles. The fraction of sp³-hybridized carbons (Fsp3) is 0.409. The van der Waals surface area contributed by atoms with E-state index in [1.54, 1.807) is 24.3 Å². The fourth-order valence-electron chi connectivity index (χ4n) is 3.55. The number of benzene rings is 2. The van der Waals surface area contributed by atoms with Gasteiger partial charge in [-0.3, -0.25) is 19.8 Å². The molecule has 0 unspecified atom stereocenters. The number of hydrogen-bond donors (Lipinski definition) is 2. The number of hydrogen-bond acceptors (Lipinski definition) is 6. The highest BCUT2D eigenvalue weighted by Gasteiger charge is 2.20. The van der Waals surface area contributed by atoms with Crippen LogP contribution < -0.4 is 15.5 Å². The predicted molar refractivity (Wildman–Crippen MR) is 119 cm³/mol. The van der Waals surface area contributed by atoms with Gasteiger partial charge < -0.3 is 15.5 Å². The molecule has 3 rings (SSSR count). The number of carbonyl (C=O) groups excluding carboxylic acids is 1. The smallest absolute Gasteiger partial charge is 0.293 e. The second kappa shape index (κ2) is 10.2. The lowest BCUT2D eigenvalue weighted by Crippen LogP contribution is -2.47. The molecule has 1 heterocycles. The molecule has 9 heteroatoms. The average Bonchev–Trinajstić information content (AvgIpc) is 2.74. The van der Waals surface area contributed by atoms with E-state index in [1.165, 1.54) is 18.2 Å². The summed E-state index contributed by atoms with van der Waals surface area (Å²) in [4.78, 5) is 27.6. The van der Waals surface area contributed by atoms with Crippen LogP contribution >= 0.6 is 0 Å². The predicted octanol–water partition coefficient (Wildman–Crippen LogP) is 3.11. The van der Waals surface area contributed by atoms with Gasteiger partial charge in [0.1, 0.15) is 11.5 Å². The molecule has 0 spiro atoms. The Bertz CT molecular complexity index is 912. The van der Waals surface area contributed by atoms with E-state index in [0.717, 1.165) is 38.4 Å². The van der Waals surface area contributed by atoms with Crippen molar-refractivity contribution in [1.29, 1.82) is 0 Å². The van der Waals surface area contributed by atoms with Crippen molar-refractivity contribution in [3.8, 4) is 0 Å². The van der Waals surface area contributed by atoms with Crippen molar-refractivity contribution >= 4 is 23.0 Å². The van der Waals surface area contributed by atoms with Crippen LogP contribution in [0, 0.1) is 15.9 Å². The lowest BCUT2D eigenvalue weighted by Gasteiger charge is -2.36. The van der Waals surface area contributed by atoms with Crippen LogP contribution in [-0.4, -0.2) is 61.0 Å². The van der Waals surface area contributed by atoms with Gasteiger partial charge in [0.2, 0.25) is 0 Å². The molecule has 1 fully saturated rings. The van der Waals surface area contributed by atoms with Gasteiger partial charge in [-0.1, -0.05) is 0 Å². The first-order valence-electron chi connectivity index (χ1n) is 10.4. The fourth-order valence-corrected chi connectivity index (χ4v) is 3.55. The van der Waals surface area contributed by atoms with Crippen molar-refractivity contribution in [2.24, 2.45) is 0 Å². The number of nitro benzene ring substituents is 1. The van der Waals surface area contributed by atoms with Crippen LogP contribution in [0.3, 0.4) is 0 Å². The number of amides is 1. The van der Waals surface area contributed by atoms with Crippen LogP contribution in [0.4, 0.5) is 21.5 Å². The topological polar surface area (TPSA) is 90.8 Å². The molecule has 0 atom stereocenters. The van der Waals surface area contributed by atoms with Crippen molar-refractivity contribution in [2.45, 2.75) is 19.9 Å². The lowest BCUT2D eigenvalue weighted by atomic mass is 10.1. The number of nitro groups is 1. The maximum Gasteiger partial charge on any atom is 0.293 e. The third-order valence-corrected chi connectivity index (χ3v) is 5.18. The van der Waals surface area contributed by atoms with Gasteiger partial charge in [0.15, 0.2) is 0 Å². The Kier molecular flexibility index (Phi) is 7.41. The summed E-state index contributed by atoms with van der Waals surface area (Å²) in [5.41, 5.74) is 1.56. The summed E-state index contributed by atoms with van der Waals surface area (Å²) in [6.07, 6.45) is 0. The number of carbonyl (C=O) groups is 1. The van der Waals surface area contributed by atoms with E-state index in [4.69, 9.17) is 0 Å². The molecule has 0 radical (unpaired) electrons. The highest BCUT2D eigenvalue weighted by atomic mass is 19.1.